The van der Waals surface area contributed by atoms with E-state index in [9.17, 15) is 8.42 Å². The average Bonchev–Trinajstić information content (AvgIpc) is 2.82. The zero-order valence-corrected chi connectivity index (χ0v) is 12.9. The van der Waals surface area contributed by atoms with Crippen LogP contribution in [0.25, 0.3) is 0 Å². The van der Waals surface area contributed by atoms with Gasteiger partial charge in [0.1, 0.15) is 0 Å². The molecule has 0 amide bonds. The van der Waals surface area contributed by atoms with Gasteiger partial charge in [-0.2, -0.15) is 0 Å². The molecular weight excluding hydrogens is 272 g/mol. The second-order valence-electron chi connectivity index (χ2n) is 5.54. The Morgan fingerprint density at radius 2 is 2.05 bits per heavy atom. The van der Waals surface area contributed by atoms with Crippen LogP contribution in [0, 0.1) is 0 Å². The fraction of sp³-hybridized carbons (Fsp3) is 0.600. The van der Waals surface area contributed by atoms with Gasteiger partial charge in [0.2, 0.25) is 10.0 Å². The van der Waals surface area contributed by atoms with Gasteiger partial charge in [0.15, 0.2) is 0 Å². The summed E-state index contributed by atoms with van der Waals surface area (Å²) < 4.78 is 24.6. The molecule has 1 fully saturated rings. The van der Waals surface area contributed by atoms with E-state index < -0.39 is 10.0 Å². The molecule has 1 N–H and O–H groups in total. The molecule has 1 aromatic rings. The summed E-state index contributed by atoms with van der Waals surface area (Å²) in [6.45, 7) is 2.64. The average molecular weight is 296 g/mol. The summed E-state index contributed by atoms with van der Waals surface area (Å²) in [5, 5.41) is 0. The maximum atomic E-state index is 11.0. The van der Waals surface area contributed by atoms with Gasteiger partial charge in [-0.15, -0.1) is 0 Å². The summed E-state index contributed by atoms with van der Waals surface area (Å²) in [6.07, 6.45) is 5.67. The first-order valence-electron chi connectivity index (χ1n) is 7.27. The lowest BCUT2D eigenvalue weighted by atomic mass is 10.0. The van der Waals surface area contributed by atoms with Crippen LogP contribution in [-0.4, -0.2) is 45.2 Å². The Hall–Kier alpha value is -0.910. The third kappa shape index (κ3) is 5.23. The van der Waals surface area contributed by atoms with Crippen LogP contribution in [0.1, 0.15) is 24.8 Å². The zero-order chi connectivity index (χ0) is 14.4. The van der Waals surface area contributed by atoms with Crippen LogP contribution in [0.4, 0.5) is 0 Å². The highest BCUT2D eigenvalue weighted by Crippen LogP contribution is 2.21. The molecule has 20 heavy (non-hydrogen) atoms. The fourth-order valence-corrected chi connectivity index (χ4v) is 3.36. The lowest BCUT2D eigenvalue weighted by Crippen LogP contribution is -2.34. The van der Waals surface area contributed by atoms with Crippen molar-refractivity contribution < 1.29 is 8.42 Å². The molecule has 1 aromatic carbocycles. The third-order valence-electron chi connectivity index (χ3n) is 3.80. The molecule has 0 bridgehead atoms. The summed E-state index contributed by atoms with van der Waals surface area (Å²) in [5.41, 5.74) is 1.39. The van der Waals surface area contributed by atoms with Crippen LogP contribution in [0.3, 0.4) is 0 Å². The molecule has 1 saturated heterocycles. The van der Waals surface area contributed by atoms with E-state index in [2.05, 4.69) is 33.9 Å². The zero-order valence-electron chi connectivity index (χ0n) is 12.1. The van der Waals surface area contributed by atoms with Crippen molar-refractivity contribution in [2.75, 3.05) is 25.9 Å². The van der Waals surface area contributed by atoms with Crippen molar-refractivity contribution in [3.05, 3.63) is 35.9 Å². The van der Waals surface area contributed by atoms with Gasteiger partial charge >= 0.3 is 0 Å². The molecule has 0 saturated carbocycles. The SMILES string of the molecule is CS(=O)(=O)NCCCN1CCC[C@H]1Cc1ccccc1. The van der Waals surface area contributed by atoms with Crippen molar-refractivity contribution in [2.24, 2.45) is 0 Å². The summed E-state index contributed by atoms with van der Waals surface area (Å²) in [4.78, 5) is 2.50. The van der Waals surface area contributed by atoms with Gasteiger partial charge in [-0.1, -0.05) is 30.3 Å². The Balaban J connectivity index is 1.76. The highest BCUT2D eigenvalue weighted by Gasteiger charge is 2.23. The van der Waals surface area contributed by atoms with Crippen molar-refractivity contribution in [3.63, 3.8) is 0 Å². The van der Waals surface area contributed by atoms with Gasteiger partial charge in [0.05, 0.1) is 6.26 Å². The van der Waals surface area contributed by atoms with Crippen molar-refractivity contribution >= 4 is 10.0 Å². The molecule has 5 heteroatoms. The molecule has 0 unspecified atom stereocenters. The number of likely N-dealkylation sites (tertiary alicyclic amines) is 1. The molecule has 2 rings (SSSR count). The number of sulfonamides is 1. The largest absolute Gasteiger partial charge is 0.300 e. The van der Waals surface area contributed by atoms with E-state index in [4.69, 9.17) is 0 Å². The molecular formula is C15H24N2O2S. The minimum atomic E-state index is -3.05. The highest BCUT2D eigenvalue weighted by atomic mass is 32.2. The Kier molecular flexibility index (Phi) is 5.57. The van der Waals surface area contributed by atoms with Gasteiger partial charge in [-0.05, 0) is 44.3 Å². The Morgan fingerprint density at radius 3 is 2.75 bits per heavy atom. The van der Waals surface area contributed by atoms with E-state index in [1.807, 2.05) is 6.07 Å². The van der Waals surface area contributed by atoms with E-state index in [1.165, 1.54) is 24.7 Å². The Morgan fingerprint density at radius 1 is 1.30 bits per heavy atom. The summed E-state index contributed by atoms with van der Waals surface area (Å²) >= 11 is 0. The molecule has 1 atom stereocenters. The topological polar surface area (TPSA) is 49.4 Å². The van der Waals surface area contributed by atoms with Crippen LogP contribution in [0.5, 0.6) is 0 Å². The normalized spacial score (nSPS) is 20.4. The first kappa shape index (κ1) is 15.5. The van der Waals surface area contributed by atoms with Crippen LogP contribution in [0.2, 0.25) is 0 Å². The monoisotopic (exact) mass is 296 g/mol. The van der Waals surface area contributed by atoms with Crippen LogP contribution in [0.15, 0.2) is 30.3 Å². The molecule has 112 valence electrons. The smallest absolute Gasteiger partial charge is 0.208 e. The van der Waals surface area contributed by atoms with Gasteiger partial charge in [0, 0.05) is 12.6 Å². The minimum Gasteiger partial charge on any atom is -0.300 e. The van der Waals surface area contributed by atoms with Gasteiger partial charge in [-0.25, -0.2) is 13.1 Å². The summed E-state index contributed by atoms with van der Waals surface area (Å²) in [5.74, 6) is 0. The lowest BCUT2D eigenvalue weighted by molar-refractivity contribution is 0.250. The van der Waals surface area contributed by atoms with Crippen LogP contribution < -0.4 is 4.72 Å². The lowest BCUT2D eigenvalue weighted by Gasteiger charge is -2.24. The number of rotatable bonds is 7. The van der Waals surface area contributed by atoms with Gasteiger partial charge in [-0.3, -0.25) is 0 Å². The van der Waals surface area contributed by atoms with E-state index in [1.54, 1.807) is 0 Å². The van der Waals surface area contributed by atoms with Crippen molar-refractivity contribution in [3.8, 4) is 0 Å². The van der Waals surface area contributed by atoms with Crippen molar-refractivity contribution in [1.82, 2.24) is 9.62 Å². The number of hydrogen-bond donors (Lipinski definition) is 1. The van der Waals surface area contributed by atoms with Crippen LogP contribution >= 0.6 is 0 Å². The second-order valence-corrected chi connectivity index (χ2v) is 7.37. The number of nitrogens with one attached hydrogen (secondary N) is 1. The predicted octanol–water partition coefficient (Wildman–Crippen LogP) is 1.63. The Bertz CT molecular complexity index is 502. The summed E-state index contributed by atoms with van der Waals surface area (Å²) in [7, 11) is -3.05. The second kappa shape index (κ2) is 7.20. The maximum Gasteiger partial charge on any atom is 0.208 e. The molecule has 1 aliphatic rings. The quantitative estimate of drug-likeness (QED) is 0.778. The number of benzene rings is 1. The minimum absolute atomic E-state index is 0.535. The maximum absolute atomic E-state index is 11.0. The molecule has 4 nitrogen and oxygen atoms in total. The molecule has 0 aliphatic carbocycles. The van der Waals surface area contributed by atoms with E-state index in [0.29, 0.717) is 12.6 Å². The number of nitrogens with zero attached hydrogens (tertiary/aromatic N) is 1. The van der Waals surface area contributed by atoms with E-state index in [0.717, 1.165) is 25.9 Å². The van der Waals surface area contributed by atoms with Crippen molar-refractivity contribution in [1.29, 1.82) is 0 Å². The predicted molar refractivity (Wildman–Crippen MR) is 82.2 cm³/mol. The van der Waals surface area contributed by atoms with Crippen molar-refractivity contribution in [2.45, 2.75) is 31.7 Å². The Labute approximate surface area is 122 Å². The molecule has 0 aromatic heterocycles. The van der Waals surface area contributed by atoms with Gasteiger partial charge in [0.25, 0.3) is 0 Å². The van der Waals surface area contributed by atoms with Gasteiger partial charge < -0.3 is 4.90 Å². The van der Waals surface area contributed by atoms with E-state index in [-0.39, 0.29) is 0 Å². The summed E-state index contributed by atoms with van der Waals surface area (Å²) in [6, 6.07) is 11.2. The first-order chi connectivity index (χ1) is 9.54. The molecule has 0 radical (unpaired) electrons. The third-order valence-corrected chi connectivity index (χ3v) is 4.53. The van der Waals surface area contributed by atoms with E-state index >= 15 is 0 Å². The highest BCUT2D eigenvalue weighted by molar-refractivity contribution is 7.88. The van der Waals surface area contributed by atoms with Crippen LogP contribution in [-0.2, 0) is 16.4 Å². The molecule has 1 heterocycles. The number of hydrogen-bond acceptors (Lipinski definition) is 3. The molecule has 0 spiro atoms. The first-order valence-corrected chi connectivity index (χ1v) is 9.16. The molecule has 1 aliphatic heterocycles. The fourth-order valence-electron chi connectivity index (χ4n) is 2.85. The standard InChI is InChI=1S/C15H24N2O2S/c1-20(18,19)16-10-6-12-17-11-5-9-15(17)13-14-7-3-2-4-8-14/h2-4,7-8,15-16H,5-6,9-13H2,1H3/t15-/m0/s1.